The van der Waals surface area contributed by atoms with Gasteiger partial charge in [0.15, 0.2) is 0 Å². The number of nitrogens with zero attached hydrogens (tertiary/aromatic N) is 5. The molecule has 28 heavy (non-hydrogen) atoms. The molecule has 0 amide bonds. The van der Waals surface area contributed by atoms with E-state index in [1.165, 1.54) is 19.3 Å². The van der Waals surface area contributed by atoms with Crippen LogP contribution in [0.2, 0.25) is 0 Å². The predicted octanol–water partition coefficient (Wildman–Crippen LogP) is 1.40. The molecule has 2 atom stereocenters. The van der Waals surface area contributed by atoms with Gasteiger partial charge in [-0.05, 0) is 52.5 Å². The van der Waals surface area contributed by atoms with Gasteiger partial charge in [0.05, 0.1) is 6.61 Å². The van der Waals surface area contributed by atoms with Crippen molar-refractivity contribution >= 4 is 11.8 Å². The molecule has 0 bridgehead atoms. The molecular weight excluding hydrogens is 352 g/mol. The number of rotatable bonds is 5. The average molecular weight is 389 g/mol. The number of aliphatic hydroxyl groups excluding tert-OH is 1. The second kappa shape index (κ2) is 8.93. The molecule has 3 aliphatic rings. The number of piperidine rings is 2. The van der Waals surface area contributed by atoms with Gasteiger partial charge in [0, 0.05) is 62.6 Å². The third kappa shape index (κ3) is 4.58. The molecule has 4 rings (SSSR count). The van der Waals surface area contributed by atoms with Crippen molar-refractivity contribution in [2.45, 2.75) is 63.6 Å². The van der Waals surface area contributed by atoms with Crippen LogP contribution in [0.3, 0.4) is 0 Å². The van der Waals surface area contributed by atoms with E-state index in [0.29, 0.717) is 18.1 Å². The smallest absolute Gasteiger partial charge is 0.227 e. The Morgan fingerprint density at radius 3 is 2.46 bits per heavy atom. The molecule has 156 valence electrons. The third-order valence-corrected chi connectivity index (χ3v) is 6.66. The lowest BCUT2D eigenvalue weighted by Crippen LogP contribution is -2.47. The Labute approximate surface area is 169 Å². The van der Waals surface area contributed by atoms with Crippen molar-refractivity contribution in [3.63, 3.8) is 0 Å². The van der Waals surface area contributed by atoms with E-state index in [9.17, 15) is 5.11 Å². The van der Waals surface area contributed by atoms with Crippen molar-refractivity contribution in [1.29, 1.82) is 0 Å². The van der Waals surface area contributed by atoms with E-state index in [1.54, 1.807) is 0 Å². The molecule has 0 spiro atoms. The van der Waals surface area contributed by atoms with Crippen LogP contribution in [0, 0.1) is 6.92 Å². The summed E-state index contributed by atoms with van der Waals surface area (Å²) >= 11 is 0. The highest BCUT2D eigenvalue weighted by atomic mass is 16.3. The van der Waals surface area contributed by atoms with Crippen molar-refractivity contribution in [2.75, 3.05) is 56.2 Å². The number of hydrogen-bond acceptors (Lipinski definition) is 7. The number of aryl methyl sites for hydroxylation is 1. The Hall–Kier alpha value is -1.44. The van der Waals surface area contributed by atoms with Gasteiger partial charge < -0.3 is 20.2 Å². The van der Waals surface area contributed by atoms with Crippen molar-refractivity contribution in [2.24, 2.45) is 0 Å². The average Bonchev–Trinajstić information content (AvgIpc) is 3.08. The molecule has 0 aliphatic carbocycles. The van der Waals surface area contributed by atoms with Gasteiger partial charge in [-0.3, -0.25) is 4.90 Å². The van der Waals surface area contributed by atoms with Crippen molar-refractivity contribution in [1.82, 2.24) is 20.2 Å². The minimum atomic E-state index is 0.263. The summed E-state index contributed by atoms with van der Waals surface area (Å²) in [5.41, 5.74) is 1.06. The summed E-state index contributed by atoms with van der Waals surface area (Å²) in [6.07, 6.45) is 7.16. The minimum absolute atomic E-state index is 0.263. The number of anilines is 2. The second-order valence-electron chi connectivity index (χ2n) is 8.85. The van der Waals surface area contributed by atoms with Crippen LogP contribution in [-0.2, 0) is 0 Å². The maximum absolute atomic E-state index is 9.47. The van der Waals surface area contributed by atoms with Crippen LogP contribution in [-0.4, -0.2) is 84.5 Å². The van der Waals surface area contributed by atoms with E-state index < -0.39 is 0 Å². The summed E-state index contributed by atoms with van der Waals surface area (Å²) in [6, 6.07) is 3.52. The van der Waals surface area contributed by atoms with Crippen molar-refractivity contribution in [3.05, 3.63) is 11.8 Å². The van der Waals surface area contributed by atoms with Gasteiger partial charge in [0.1, 0.15) is 5.82 Å². The van der Waals surface area contributed by atoms with Crippen LogP contribution in [0.15, 0.2) is 6.07 Å². The van der Waals surface area contributed by atoms with Crippen LogP contribution >= 0.6 is 0 Å². The Balaban J connectivity index is 1.33. The van der Waals surface area contributed by atoms with Gasteiger partial charge in [0.25, 0.3) is 0 Å². The van der Waals surface area contributed by atoms with E-state index in [2.05, 4.69) is 40.1 Å². The van der Waals surface area contributed by atoms with Crippen molar-refractivity contribution in [3.8, 4) is 0 Å². The first-order valence-corrected chi connectivity index (χ1v) is 11.0. The largest absolute Gasteiger partial charge is 0.395 e. The van der Waals surface area contributed by atoms with Gasteiger partial charge in [-0.1, -0.05) is 0 Å². The molecule has 3 aliphatic heterocycles. The molecule has 2 N–H and O–H groups in total. The number of nitrogens with one attached hydrogen (secondary N) is 1. The van der Waals surface area contributed by atoms with Crippen LogP contribution in [0.25, 0.3) is 0 Å². The monoisotopic (exact) mass is 388 g/mol. The molecule has 1 aromatic heterocycles. The Morgan fingerprint density at radius 2 is 1.79 bits per heavy atom. The summed E-state index contributed by atoms with van der Waals surface area (Å²) in [5.74, 6) is 2.01. The molecule has 3 fully saturated rings. The lowest BCUT2D eigenvalue weighted by atomic mass is 10.0. The molecule has 0 unspecified atom stereocenters. The molecule has 0 saturated carbocycles. The number of likely N-dealkylation sites (tertiary alicyclic amines) is 1. The van der Waals surface area contributed by atoms with Crippen LogP contribution in [0.5, 0.6) is 0 Å². The maximum atomic E-state index is 9.47. The second-order valence-corrected chi connectivity index (χ2v) is 8.85. The summed E-state index contributed by atoms with van der Waals surface area (Å²) in [6.45, 7) is 7.63. The van der Waals surface area contributed by atoms with E-state index in [4.69, 9.17) is 9.97 Å². The Kier molecular flexibility index (Phi) is 6.33. The van der Waals surface area contributed by atoms with Gasteiger partial charge in [-0.15, -0.1) is 0 Å². The van der Waals surface area contributed by atoms with Crippen LogP contribution in [0.1, 0.15) is 44.2 Å². The van der Waals surface area contributed by atoms with E-state index in [-0.39, 0.29) is 6.61 Å². The van der Waals surface area contributed by atoms with Crippen LogP contribution < -0.4 is 15.1 Å². The SMILES string of the molecule is Cc1cc(N2CCC(N[C@@H]3C[C@@H](CO)N(C)C3)CC2)nc(N2CCCCC2)n1. The zero-order valence-electron chi connectivity index (χ0n) is 17.5. The molecule has 0 radical (unpaired) electrons. The highest BCUT2D eigenvalue weighted by molar-refractivity contribution is 5.46. The molecule has 3 saturated heterocycles. The molecular formula is C21H36N6O. The Bertz CT molecular complexity index is 642. The third-order valence-electron chi connectivity index (χ3n) is 6.66. The van der Waals surface area contributed by atoms with Gasteiger partial charge in [-0.25, -0.2) is 4.98 Å². The lowest BCUT2D eigenvalue weighted by Gasteiger charge is -2.35. The molecule has 0 aromatic carbocycles. The summed E-state index contributed by atoms with van der Waals surface area (Å²) in [7, 11) is 2.11. The number of aliphatic hydroxyl groups is 1. The van der Waals surface area contributed by atoms with Gasteiger partial charge in [-0.2, -0.15) is 4.98 Å². The highest BCUT2D eigenvalue weighted by Crippen LogP contribution is 2.24. The first-order valence-electron chi connectivity index (χ1n) is 11.0. The highest BCUT2D eigenvalue weighted by Gasteiger charge is 2.31. The topological polar surface area (TPSA) is 67.8 Å². The fourth-order valence-electron chi connectivity index (χ4n) is 4.96. The van der Waals surface area contributed by atoms with E-state index in [1.807, 2.05) is 0 Å². The summed E-state index contributed by atoms with van der Waals surface area (Å²) in [5, 5.41) is 13.3. The maximum Gasteiger partial charge on any atom is 0.227 e. The number of likely N-dealkylation sites (N-methyl/N-ethyl adjacent to an activating group) is 1. The normalized spacial score (nSPS) is 27.5. The zero-order valence-corrected chi connectivity index (χ0v) is 17.5. The fraction of sp³-hybridized carbons (Fsp3) is 0.810. The number of hydrogen-bond donors (Lipinski definition) is 2. The van der Waals surface area contributed by atoms with E-state index >= 15 is 0 Å². The quantitative estimate of drug-likeness (QED) is 0.790. The van der Waals surface area contributed by atoms with E-state index in [0.717, 1.165) is 69.4 Å². The molecule has 7 heteroatoms. The standard InChI is InChI=1S/C21H36N6O/c1-16-12-20(24-21(22-16)27-8-4-3-5-9-27)26-10-6-17(7-11-26)23-18-13-19(15-28)25(2)14-18/h12,17-19,23,28H,3-11,13-15H2,1-2H3/t18-,19+/m1/s1. The summed E-state index contributed by atoms with van der Waals surface area (Å²) < 4.78 is 0. The zero-order chi connectivity index (χ0) is 19.5. The molecule has 1 aromatic rings. The predicted molar refractivity (Wildman–Crippen MR) is 113 cm³/mol. The lowest BCUT2D eigenvalue weighted by molar-refractivity contribution is 0.182. The number of aromatic nitrogens is 2. The minimum Gasteiger partial charge on any atom is -0.395 e. The van der Waals surface area contributed by atoms with Gasteiger partial charge in [0.2, 0.25) is 5.95 Å². The first-order chi connectivity index (χ1) is 13.6. The molecule has 7 nitrogen and oxygen atoms in total. The Morgan fingerprint density at radius 1 is 1.04 bits per heavy atom. The summed E-state index contributed by atoms with van der Waals surface area (Å²) in [4.78, 5) is 16.7. The fourth-order valence-corrected chi connectivity index (χ4v) is 4.96. The van der Waals surface area contributed by atoms with Crippen molar-refractivity contribution < 1.29 is 5.11 Å². The first kappa shape index (κ1) is 19.9. The molecule has 4 heterocycles. The van der Waals surface area contributed by atoms with Crippen LogP contribution in [0.4, 0.5) is 11.8 Å². The van der Waals surface area contributed by atoms with Gasteiger partial charge >= 0.3 is 0 Å².